The number of piperidine rings is 1. The fourth-order valence-corrected chi connectivity index (χ4v) is 7.03. The number of hydrogen-bond acceptors (Lipinski definition) is 7. The molecule has 0 aliphatic carbocycles. The van der Waals surface area contributed by atoms with Crippen LogP contribution in [0, 0.1) is 11.6 Å². The molecular weight excluding hydrogens is 552 g/mol. The van der Waals surface area contributed by atoms with Crippen LogP contribution in [0.3, 0.4) is 0 Å². The summed E-state index contributed by atoms with van der Waals surface area (Å²) in [6, 6.07) is 7.99. The zero-order chi connectivity index (χ0) is 29.5. The first-order valence-electron chi connectivity index (χ1n) is 13.5. The van der Waals surface area contributed by atoms with Crippen molar-refractivity contribution in [2.45, 2.75) is 49.6 Å². The van der Waals surface area contributed by atoms with Crippen molar-refractivity contribution in [2.24, 2.45) is 0 Å². The highest BCUT2D eigenvalue weighted by atomic mass is 32.2. The quantitative estimate of drug-likeness (QED) is 0.333. The molecule has 1 saturated heterocycles. The monoisotopic (exact) mass is 587 g/mol. The van der Waals surface area contributed by atoms with Gasteiger partial charge in [0, 0.05) is 67.3 Å². The van der Waals surface area contributed by atoms with Crippen LogP contribution in [0.2, 0.25) is 0 Å². The molecule has 5 rings (SSSR count). The molecule has 1 amide bonds. The molecule has 220 valence electrons. The van der Waals surface area contributed by atoms with E-state index in [1.807, 2.05) is 45.0 Å². The number of amides is 1. The number of nitrogens with one attached hydrogen (secondary N) is 4. The third-order valence-electron chi connectivity index (χ3n) is 7.62. The molecule has 4 N–H and O–H groups in total. The Morgan fingerprint density at radius 2 is 1.78 bits per heavy atom. The van der Waals surface area contributed by atoms with Gasteiger partial charge in [-0.1, -0.05) is 13.8 Å². The first-order valence-corrected chi connectivity index (χ1v) is 14.9. The van der Waals surface area contributed by atoms with Crippen molar-refractivity contribution >= 4 is 33.1 Å². The van der Waals surface area contributed by atoms with Gasteiger partial charge in [0.25, 0.3) is 5.91 Å². The summed E-state index contributed by atoms with van der Waals surface area (Å²) in [5.74, 6) is -2.16. The second-order valence-corrected chi connectivity index (χ2v) is 13.4. The predicted octanol–water partition coefficient (Wildman–Crippen LogP) is 3.65. The number of rotatable bonds is 7. The van der Waals surface area contributed by atoms with Crippen LogP contribution in [0.15, 0.2) is 41.3 Å². The Labute approximate surface area is 238 Å². The van der Waals surface area contributed by atoms with Crippen molar-refractivity contribution in [1.82, 2.24) is 19.8 Å². The van der Waals surface area contributed by atoms with Gasteiger partial charge >= 0.3 is 0 Å². The number of aromatic amines is 1. The Hall–Kier alpha value is -3.55. The molecular formula is C28H35F2N7O3S. The minimum Gasteiger partial charge on any atom is -0.382 e. The minimum absolute atomic E-state index is 0.0480. The number of hydrogen-bond donors (Lipinski definition) is 4. The normalized spacial score (nSPS) is 17.6. The van der Waals surface area contributed by atoms with Crippen LogP contribution in [0.5, 0.6) is 0 Å². The molecule has 1 aromatic heterocycles. The van der Waals surface area contributed by atoms with Crippen LogP contribution >= 0.6 is 0 Å². The molecule has 0 unspecified atom stereocenters. The Morgan fingerprint density at radius 3 is 2.44 bits per heavy atom. The molecule has 2 aromatic carbocycles. The summed E-state index contributed by atoms with van der Waals surface area (Å²) in [5, 5.41) is 17.0. The summed E-state index contributed by atoms with van der Waals surface area (Å²) in [5.41, 5.74) is 2.51. The van der Waals surface area contributed by atoms with Crippen molar-refractivity contribution in [3.8, 4) is 0 Å². The first kappa shape index (κ1) is 29.0. The van der Waals surface area contributed by atoms with Gasteiger partial charge in [-0.3, -0.25) is 9.89 Å². The van der Waals surface area contributed by atoms with E-state index in [1.165, 1.54) is 0 Å². The van der Waals surface area contributed by atoms with Crippen molar-refractivity contribution in [1.29, 1.82) is 0 Å². The number of halogens is 2. The van der Waals surface area contributed by atoms with E-state index in [0.717, 1.165) is 48.1 Å². The molecule has 3 heterocycles. The molecule has 0 spiro atoms. The zero-order valence-corrected chi connectivity index (χ0v) is 24.3. The minimum atomic E-state index is -4.25. The summed E-state index contributed by atoms with van der Waals surface area (Å²) in [6.07, 6.45) is 1.85. The van der Waals surface area contributed by atoms with Crippen molar-refractivity contribution in [2.75, 3.05) is 49.3 Å². The van der Waals surface area contributed by atoms with Crippen LogP contribution in [0.4, 0.5) is 26.0 Å². The van der Waals surface area contributed by atoms with E-state index in [9.17, 15) is 22.0 Å². The van der Waals surface area contributed by atoms with Gasteiger partial charge < -0.3 is 20.9 Å². The molecule has 3 aromatic rings. The highest BCUT2D eigenvalue weighted by Gasteiger charge is 2.41. The van der Waals surface area contributed by atoms with Gasteiger partial charge in [0.15, 0.2) is 5.82 Å². The van der Waals surface area contributed by atoms with E-state index in [1.54, 1.807) is 6.07 Å². The molecule has 10 nitrogen and oxygen atoms in total. The van der Waals surface area contributed by atoms with Gasteiger partial charge in [-0.25, -0.2) is 17.2 Å². The Bertz CT molecular complexity index is 1550. The fourth-order valence-electron chi connectivity index (χ4n) is 5.42. The van der Waals surface area contributed by atoms with Gasteiger partial charge in [-0.15, -0.1) is 0 Å². The summed E-state index contributed by atoms with van der Waals surface area (Å²) in [4.78, 5) is 15.1. The fraction of sp³-hybridized carbons (Fsp3) is 0.429. The largest absolute Gasteiger partial charge is 0.382 e. The highest BCUT2D eigenvalue weighted by molar-refractivity contribution is 7.89. The molecule has 0 bridgehead atoms. The SMILES string of the molecule is CN(C)c1ccc(C(=O)Nc2n[nH]c3c2CN(S(=O)(=O)c2cc(F)cc(F)c2)CC3(C)C)c(NC2CCNCC2)c1. The number of fused-ring (bicyclic) bond motifs is 1. The Kier molecular flexibility index (Phi) is 7.79. The lowest BCUT2D eigenvalue weighted by Crippen LogP contribution is -2.45. The van der Waals surface area contributed by atoms with Crippen LogP contribution < -0.4 is 20.9 Å². The number of aromatic nitrogens is 2. The van der Waals surface area contributed by atoms with Crippen LogP contribution in [-0.2, 0) is 22.0 Å². The summed E-state index contributed by atoms with van der Waals surface area (Å²) in [6.45, 7) is 5.37. The van der Waals surface area contributed by atoms with Crippen LogP contribution in [0.1, 0.15) is 48.3 Å². The van der Waals surface area contributed by atoms with Gasteiger partial charge in [-0.05, 0) is 56.3 Å². The average molecular weight is 588 g/mol. The molecule has 41 heavy (non-hydrogen) atoms. The zero-order valence-electron chi connectivity index (χ0n) is 23.5. The van der Waals surface area contributed by atoms with Crippen molar-refractivity contribution < 1.29 is 22.0 Å². The Morgan fingerprint density at radius 1 is 1.10 bits per heavy atom. The maximum atomic E-state index is 13.9. The van der Waals surface area contributed by atoms with E-state index in [0.29, 0.717) is 28.6 Å². The van der Waals surface area contributed by atoms with Gasteiger partial charge in [-0.2, -0.15) is 9.40 Å². The summed E-state index contributed by atoms with van der Waals surface area (Å²) < 4.78 is 55.8. The highest BCUT2D eigenvalue weighted by Crippen LogP contribution is 2.38. The average Bonchev–Trinajstić information content (AvgIpc) is 3.32. The maximum absolute atomic E-state index is 13.9. The predicted molar refractivity (Wildman–Crippen MR) is 154 cm³/mol. The number of sulfonamides is 1. The lowest BCUT2D eigenvalue weighted by atomic mass is 9.84. The van der Waals surface area contributed by atoms with Crippen molar-refractivity contribution in [3.05, 3.63) is 64.9 Å². The smallest absolute Gasteiger partial charge is 0.258 e. The standard InChI is InChI=1S/C28H35F2N7O3S/c1-28(2)16-37(41(39,40)21-12-17(29)11-18(30)13-21)15-23-25(28)34-35-26(23)33-27(38)22-6-5-20(36(3)4)14-24(22)32-19-7-9-31-10-8-19/h5-6,11-14,19,31-32H,7-10,15-16H2,1-4H3,(H2,33,34,35,38). The lowest BCUT2D eigenvalue weighted by molar-refractivity contribution is 0.102. The van der Waals surface area contributed by atoms with E-state index < -0.39 is 37.9 Å². The van der Waals surface area contributed by atoms with E-state index in [-0.39, 0.29) is 24.9 Å². The third-order valence-corrected chi connectivity index (χ3v) is 9.39. The summed E-state index contributed by atoms with van der Waals surface area (Å²) >= 11 is 0. The van der Waals surface area contributed by atoms with Crippen molar-refractivity contribution in [3.63, 3.8) is 0 Å². The molecule has 2 aliphatic heterocycles. The van der Waals surface area contributed by atoms with E-state index in [4.69, 9.17) is 0 Å². The number of carbonyl (C=O) groups excluding carboxylic acids is 1. The van der Waals surface area contributed by atoms with Crippen LogP contribution in [-0.4, -0.2) is 68.6 Å². The first-order chi connectivity index (χ1) is 19.3. The van der Waals surface area contributed by atoms with Gasteiger partial charge in [0.2, 0.25) is 10.0 Å². The number of anilines is 3. The molecule has 0 saturated carbocycles. The number of H-pyrrole nitrogens is 1. The Balaban J connectivity index is 1.44. The number of nitrogens with zero attached hydrogens (tertiary/aromatic N) is 3. The topological polar surface area (TPSA) is 122 Å². The molecule has 2 aliphatic rings. The van der Waals surface area contributed by atoms with Crippen LogP contribution in [0.25, 0.3) is 0 Å². The maximum Gasteiger partial charge on any atom is 0.258 e. The summed E-state index contributed by atoms with van der Waals surface area (Å²) in [7, 11) is -0.393. The van der Waals surface area contributed by atoms with E-state index in [2.05, 4.69) is 26.1 Å². The molecule has 1 fully saturated rings. The number of carbonyl (C=O) groups is 1. The number of benzene rings is 2. The second kappa shape index (κ2) is 11.0. The lowest BCUT2D eigenvalue weighted by Gasteiger charge is -2.36. The second-order valence-electron chi connectivity index (χ2n) is 11.4. The van der Waals surface area contributed by atoms with E-state index >= 15 is 0 Å². The molecule has 0 atom stereocenters. The van der Waals surface area contributed by atoms with Gasteiger partial charge in [0.05, 0.1) is 10.5 Å². The molecule has 0 radical (unpaired) electrons. The molecule has 13 heteroatoms. The van der Waals surface area contributed by atoms with Gasteiger partial charge in [0.1, 0.15) is 11.6 Å². The third kappa shape index (κ3) is 5.92.